The van der Waals surface area contributed by atoms with Crippen LogP contribution >= 0.6 is 11.8 Å². The molecule has 0 unspecified atom stereocenters. The maximum atomic E-state index is 13.3. The molecule has 1 amide bonds. The van der Waals surface area contributed by atoms with Gasteiger partial charge in [0.15, 0.2) is 11.6 Å². The van der Waals surface area contributed by atoms with Gasteiger partial charge in [0.2, 0.25) is 5.91 Å². The normalized spacial score (nSPS) is 35.0. The van der Waals surface area contributed by atoms with Gasteiger partial charge in [-0.25, -0.2) is 8.78 Å². The van der Waals surface area contributed by atoms with Crippen LogP contribution in [0.5, 0.6) is 0 Å². The molecule has 5 rings (SSSR count). The van der Waals surface area contributed by atoms with E-state index in [0.717, 1.165) is 49.1 Å². The van der Waals surface area contributed by atoms with Crippen LogP contribution in [0.1, 0.15) is 45.4 Å². The Hall–Kier alpha value is -1.10. The maximum Gasteiger partial charge on any atom is 0.233 e. The number of hydrogen-bond acceptors (Lipinski definition) is 2. The quantitative estimate of drug-likeness (QED) is 0.808. The monoisotopic (exact) mass is 351 g/mol. The van der Waals surface area contributed by atoms with Crippen LogP contribution in [0.4, 0.5) is 8.78 Å². The van der Waals surface area contributed by atoms with Crippen LogP contribution in [0, 0.1) is 29.4 Å². The zero-order valence-corrected chi connectivity index (χ0v) is 14.7. The van der Waals surface area contributed by atoms with Gasteiger partial charge in [-0.1, -0.05) is 0 Å². The minimum absolute atomic E-state index is 0.00526. The summed E-state index contributed by atoms with van der Waals surface area (Å²) in [5.41, 5.74) is -0.00526. The number of amides is 1. The molecular formula is C19H23F2NOS. The molecule has 4 fully saturated rings. The lowest BCUT2D eigenvalue weighted by Gasteiger charge is -2.57. The molecule has 1 N–H and O–H groups in total. The van der Waals surface area contributed by atoms with Crippen LogP contribution in [0.2, 0.25) is 0 Å². The molecule has 0 spiro atoms. The van der Waals surface area contributed by atoms with Crippen molar-refractivity contribution in [1.29, 1.82) is 0 Å². The molecule has 4 saturated carbocycles. The molecule has 0 radical (unpaired) electrons. The summed E-state index contributed by atoms with van der Waals surface area (Å²) >= 11 is 1.28. The number of halogens is 2. The van der Waals surface area contributed by atoms with E-state index >= 15 is 0 Å². The Bertz CT molecular complexity index is 627. The Morgan fingerprint density at radius 3 is 2.25 bits per heavy atom. The van der Waals surface area contributed by atoms with Gasteiger partial charge in [-0.2, -0.15) is 0 Å². The van der Waals surface area contributed by atoms with Crippen LogP contribution in [0.25, 0.3) is 0 Å². The van der Waals surface area contributed by atoms with E-state index in [1.165, 1.54) is 37.1 Å². The first-order valence-corrected chi connectivity index (χ1v) is 9.74. The minimum Gasteiger partial charge on any atom is -0.350 e. The Kier molecular flexibility index (Phi) is 4.10. The summed E-state index contributed by atoms with van der Waals surface area (Å²) in [4.78, 5) is 13.3. The zero-order chi connectivity index (χ0) is 16.9. The standard InChI is InChI=1S/C19H23F2NOS/c1-11(24-15-2-3-16(20)17(21)7-15)18(23)22-19-8-12-4-13(9-19)6-14(5-12)10-19/h2-3,7,11-14H,4-6,8-10H2,1H3,(H,22,23)/t11-,12?,13?,14?,19?/m0/s1. The van der Waals surface area contributed by atoms with Crippen LogP contribution in [-0.2, 0) is 4.79 Å². The number of hydrogen-bond donors (Lipinski definition) is 1. The fraction of sp³-hybridized carbons (Fsp3) is 0.632. The molecule has 0 saturated heterocycles. The van der Waals surface area contributed by atoms with Crippen LogP contribution in [0.3, 0.4) is 0 Å². The van der Waals surface area contributed by atoms with Crippen molar-refractivity contribution in [2.75, 3.05) is 0 Å². The summed E-state index contributed by atoms with van der Waals surface area (Å²) in [5.74, 6) is 0.646. The van der Waals surface area contributed by atoms with Crippen LogP contribution in [-0.4, -0.2) is 16.7 Å². The first-order valence-electron chi connectivity index (χ1n) is 8.86. The van der Waals surface area contributed by atoms with Gasteiger partial charge < -0.3 is 5.32 Å². The van der Waals surface area contributed by atoms with E-state index in [1.807, 2.05) is 6.92 Å². The second-order valence-corrected chi connectivity index (χ2v) is 9.44. The first-order chi connectivity index (χ1) is 11.4. The van der Waals surface area contributed by atoms with E-state index in [4.69, 9.17) is 0 Å². The smallest absolute Gasteiger partial charge is 0.233 e. The Balaban J connectivity index is 1.41. The lowest BCUT2D eigenvalue weighted by Crippen LogP contribution is -2.60. The molecule has 4 aliphatic carbocycles. The summed E-state index contributed by atoms with van der Waals surface area (Å²) in [6.07, 6.45) is 7.38. The number of carbonyl (C=O) groups excluding carboxylic acids is 1. The van der Waals surface area contributed by atoms with E-state index in [1.54, 1.807) is 0 Å². The largest absolute Gasteiger partial charge is 0.350 e. The highest BCUT2D eigenvalue weighted by atomic mass is 32.2. The molecule has 1 atom stereocenters. The average Bonchev–Trinajstić information content (AvgIpc) is 2.49. The van der Waals surface area contributed by atoms with Gasteiger partial charge >= 0.3 is 0 Å². The molecule has 0 heterocycles. The fourth-order valence-electron chi connectivity index (χ4n) is 5.43. The number of benzene rings is 1. The minimum atomic E-state index is -0.867. The van der Waals surface area contributed by atoms with Crippen LogP contribution < -0.4 is 5.32 Å². The highest BCUT2D eigenvalue weighted by Gasteiger charge is 2.51. The summed E-state index contributed by atoms with van der Waals surface area (Å²) in [6, 6.07) is 3.80. The highest BCUT2D eigenvalue weighted by molar-refractivity contribution is 8.00. The molecule has 2 nitrogen and oxygen atoms in total. The van der Waals surface area contributed by atoms with Crippen molar-refractivity contribution in [3.05, 3.63) is 29.8 Å². The molecule has 130 valence electrons. The fourth-order valence-corrected chi connectivity index (χ4v) is 6.33. The molecule has 4 aliphatic rings. The summed E-state index contributed by atoms with van der Waals surface area (Å²) in [5, 5.41) is 3.03. The number of carbonyl (C=O) groups is 1. The van der Waals surface area contributed by atoms with Gasteiger partial charge in [-0.15, -0.1) is 11.8 Å². The Labute approximate surface area is 145 Å². The van der Waals surface area contributed by atoms with Crippen LogP contribution in [0.15, 0.2) is 23.1 Å². The third-order valence-electron chi connectivity index (χ3n) is 6.00. The summed E-state index contributed by atoms with van der Waals surface area (Å²) < 4.78 is 26.3. The first kappa shape index (κ1) is 16.4. The van der Waals surface area contributed by atoms with Gasteiger partial charge in [-0.05, 0) is 81.4 Å². The second-order valence-electron chi connectivity index (χ2n) is 8.02. The van der Waals surface area contributed by atoms with Gasteiger partial charge in [0.05, 0.1) is 5.25 Å². The molecule has 1 aromatic carbocycles. The lowest BCUT2D eigenvalue weighted by atomic mass is 9.53. The van der Waals surface area contributed by atoms with Gasteiger partial charge in [-0.3, -0.25) is 4.79 Å². The third-order valence-corrected chi connectivity index (χ3v) is 7.09. The van der Waals surface area contributed by atoms with Gasteiger partial charge in [0.25, 0.3) is 0 Å². The van der Waals surface area contributed by atoms with Gasteiger partial charge in [0, 0.05) is 10.4 Å². The Morgan fingerprint density at radius 1 is 1.12 bits per heavy atom. The van der Waals surface area contributed by atoms with Crippen molar-refractivity contribution >= 4 is 17.7 Å². The summed E-state index contributed by atoms with van der Waals surface area (Å²) in [7, 11) is 0. The third kappa shape index (κ3) is 3.07. The van der Waals surface area contributed by atoms with Crippen molar-refractivity contribution in [1.82, 2.24) is 5.32 Å². The maximum absolute atomic E-state index is 13.3. The summed E-state index contributed by atoms with van der Waals surface area (Å²) in [6.45, 7) is 1.84. The molecule has 4 bridgehead atoms. The number of thioether (sulfide) groups is 1. The second kappa shape index (κ2) is 6.01. The van der Waals surface area contributed by atoms with Crippen molar-refractivity contribution in [3.8, 4) is 0 Å². The number of rotatable bonds is 4. The molecule has 24 heavy (non-hydrogen) atoms. The van der Waals surface area contributed by atoms with E-state index < -0.39 is 11.6 Å². The predicted octanol–water partition coefficient (Wildman–Crippen LogP) is 4.53. The molecule has 1 aromatic rings. The van der Waals surface area contributed by atoms with E-state index in [9.17, 15) is 13.6 Å². The zero-order valence-electron chi connectivity index (χ0n) is 13.9. The molecular weight excluding hydrogens is 328 g/mol. The molecule has 5 heteroatoms. The van der Waals surface area contributed by atoms with Gasteiger partial charge in [0.1, 0.15) is 0 Å². The topological polar surface area (TPSA) is 29.1 Å². The van der Waals surface area contributed by atoms with E-state index in [0.29, 0.717) is 4.90 Å². The lowest BCUT2D eigenvalue weighted by molar-refractivity contribution is -0.126. The van der Waals surface area contributed by atoms with Crippen molar-refractivity contribution < 1.29 is 13.6 Å². The number of nitrogens with one attached hydrogen (secondary N) is 1. The predicted molar refractivity (Wildman–Crippen MR) is 90.7 cm³/mol. The van der Waals surface area contributed by atoms with E-state index in [-0.39, 0.29) is 16.7 Å². The van der Waals surface area contributed by atoms with Crippen molar-refractivity contribution in [2.45, 2.75) is 61.1 Å². The van der Waals surface area contributed by atoms with E-state index in [2.05, 4.69) is 5.32 Å². The Morgan fingerprint density at radius 2 is 1.71 bits per heavy atom. The SMILES string of the molecule is C[C@H](Sc1ccc(F)c(F)c1)C(=O)NC12CC3CC(CC(C3)C1)C2. The highest BCUT2D eigenvalue weighted by Crippen LogP contribution is 2.55. The average molecular weight is 351 g/mol. The molecule has 0 aliphatic heterocycles. The van der Waals surface area contributed by atoms with Crippen molar-refractivity contribution in [2.24, 2.45) is 17.8 Å². The van der Waals surface area contributed by atoms with Crippen molar-refractivity contribution in [3.63, 3.8) is 0 Å². The molecule has 0 aromatic heterocycles.